The van der Waals surface area contributed by atoms with Crippen LogP contribution in [0.4, 0.5) is 17.6 Å². The van der Waals surface area contributed by atoms with Crippen molar-refractivity contribution >= 4 is 56.6 Å². The molecule has 0 N–H and O–H groups in total. The van der Waals surface area contributed by atoms with Crippen LogP contribution in [-0.2, 0) is 0 Å². The van der Waals surface area contributed by atoms with E-state index in [9.17, 15) is 17.6 Å². The lowest BCUT2D eigenvalue weighted by atomic mass is 10.0. The fraction of sp³-hybridized carbons (Fsp3) is 0.115. The van der Waals surface area contributed by atoms with Crippen LogP contribution in [0.3, 0.4) is 0 Å². The smallest absolute Gasteiger partial charge is 0.222 e. The van der Waals surface area contributed by atoms with Gasteiger partial charge in [-0.15, -0.1) is 0 Å². The highest BCUT2D eigenvalue weighted by Gasteiger charge is 2.19. The number of methoxy groups -OCH3 is 1. The Hall–Kier alpha value is -3.20. The molecule has 5 aromatic rings. The van der Waals surface area contributed by atoms with Crippen molar-refractivity contribution in [1.82, 2.24) is 15.0 Å². The Labute approximate surface area is 223 Å². The summed E-state index contributed by atoms with van der Waals surface area (Å²) in [7, 11) is 1.49. The highest BCUT2D eigenvalue weighted by atomic mass is 35.5. The third kappa shape index (κ3) is 5.14. The van der Waals surface area contributed by atoms with Gasteiger partial charge in [-0.2, -0.15) is 0 Å². The number of nitrogens with zero attached hydrogens (tertiary/aromatic N) is 3. The van der Waals surface area contributed by atoms with Crippen molar-refractivity contribution in [3.05, 3.63) is 92.2 Å². The molecule has 0 radical (unpaired) electrons. The summed E-state index contributed by atoms with van der Waals surface area (Å²) >= 11 is 17.9. The quantitative estimate of drug-likeness (QED) is 0.158. The van der Waals surface area contributed by atoms with Gasteiger partial charge < -0.3 is 4.74 Å². The fourth-order valence-corrected chi connectivity index (χ4v) is 4.48. The van der Waals surface area contributed by atoms with Crippen molar-refractivity contribution in [2.24, 2.45) is 0 Å². The van der Waals surface area contributed by atoms with Crippen LogP contribution >= 0.6 is 34.8 Å². The van der Waals surface area contributed by atoms with Crippen LogP contribution in [0.1, 0.15) is 11.1 Å². The summed E-state index contributed by atoms with van der Waals surface area (Å²) in [6.45, 7) is 3.35. The molecule has 0 unspecified atom stereocenters. The Morgan fingerprint density at radius 1 is 0.757 bits per heavy atom. The molecular weight excluding hydrogens is 553 g/mol. The van der Waals surface area contributed by atoms with E-state index >= 15 is 0 Å². The van der Waals surface area contributed by atoms with Crippen LogP contribution in [0.5, 0.6) is 5.88 Å². The highest BCUT2D eigenvalue weighted by molar-refractivity contribution is 6.39. The van der Waals surface area contributed by atoms with E-state index in [2.05, 4.69) is 15.0 Å². The van der Waals surface area contributed by atoms with Gasteiger partial charge in [0, 0.05) is 36.0 Å². The zero-order chi connectivity index (χ0) is 27.0. The SMILES string of the molecule is COc1ncccc1-c1nc2cc(F)cc(F)c2c(Cl)c1C.Cc1c(Cl)nc2cc(F)cc(F)c2c1Cl. The highest BCUT2D eigenvalue weighted by Crippen LogP contribution is 2.37. The maximum atomic E-state index is 14.0. The molecule has 0 aliphatic rings. The van der Waals surface area contributed by atoms with E-state index in [0.717, 1.165) is 24.3 Å². The predicted octanol–water partition coefficient (Wildman–Crippen LogP) is 8.67. The van der Waals surface area contributed by atoms with Gasteiger partial charge in [-0.25, -0.2) is 32.5 Å². The molecule has 4 nitrogen and oxygen atoms in total. The van der Waals surface area contributed by atoms with Gasteiger partial charge >= 0.3 is 0 Å². The third-order valence-corrected chi connectivity index (χ3v) is 6.81. The Morgan fingerprint density at radius 3 is 1.86 bits per heavy atom. The molecule has 0 atom stereocenters. The van der Waals surface area contributed by atoms with Crippen molar-refractivity contribution in [2.75, 3.05) is 7.11 Å². The molecule has 0 saturated heterocycles. The summed E-state index contributed by atoms with van der Waals surface area (Å²) in [5.74, 6) is -2.52. The Kier molecular flexibility index (Phi) is 7.73. The Bertz CT molecular complexity index is 1680. The fourth-order valence-electron chi connectivity index (χ4n) is 3.69. The Balaban J connectivity index is 0.000000186. The Morgan fingerprint density at radius 2 is 1.30 bits per heavy atom. The molecule has 2 aromatic carbocycles. The van der Waals surface area contributed by atoms with Crippen molar-refractivity contribution in [3.63, 3.8) is 0 Å². The van der Waals surface area contributed by atoms with Crippen molar-refractivity contribution in [1.29, 1.82) is 0 Å². The normalized spacial score (nSPS) is 11.0. The first-order valence-electron chi connectivity index (χ1n) is 10.6. The van der Waals surface area contributed by atoms with Gasteiger partial charge in [-0.1, -0.05) is 34.8 Å². The average molecular weight is 569 g/mol. The third-order valence-electron chi connectivity index (χ3n) is 5.50. The molecular formula is C26H16Cl3F4N3O. The van der Waals surface area contributed by atoms with Crippen molar-refractivity contribution < 1.29 is 22.3 Å². The number of ether oxygens (including phenoxy) is 1. The number of hydrogen-bond donors (Lipinski definition) is 0. The molecule has 5 rings (SSSR count). The summed E-state index contributed by atoms with van der Waals surface area (Å²) < 4.78 is 58.9. The van der Waals surface area contributed by atoms with E-state index in [-0.39, 0.29) is 37.0 Å². The van der Waals surface area contributed by atoms with Crippen LogP contribution < -0.4 is 4.74 Å². The summed E-state index contributed by atoms with van der Waals surface area (Å²) in [5.41, 5.74) is 2.41. The van der Waals surface area contributed by atoms with Crippen LogP contribution in [0.25, 0.3) is 33.1 Å². The lowest BCUT2D eigenvalue weighted by Crippen LogP contribution is -1.98. The van der Waals surface area contributed by atoms with E-state index in [4.69, 9.17) is 39.5 Å². The predicted molar refractivity (Wildman–Crippen MR) is 138 cm³/mol. The molecule has 0 bridgehead atoms. The van der Waals surface area contributed by atoms with Crippen LogP contribution in [0.15, 0.2) is 42.6 Å². The molecule has 0 spiro atoms. The molecule has 0 aliphatic heterocycles. The van der Waals surface area contributed by atoms with Gasteiger partial charge in [0.2, 0.25) is 5.88 Å². The summed E-state index contributed by atoms with van der Waals surface area (Å²) in [6.07, 6.45) is 1.58. The van der Waals surface area contributed by atoms with Gasteiger partial charge in [0.25, 0.3) is 0 Å². The molecule has 0 saturated carbocycles. The zero-order valence-electron chi connectivity index (χ0n) is 19.4. The summed E-state index contributed by atoms with van der Waals surface area (Å²) in [5, 5.41) is 0.718. The van der Waals surface area contributed by atoms with E-state index in [1.165, 1.54) is 7.11 Å². The maximum absolute atomic E-state index is 14.0. The van der Waals surface area contributed by atoms with Crippen LogP contribution in [0.2, 0.25) is 15.2 Å². The molecule has 37 heavy (non-hydrogen) atoms. The van der Waals surface area contributed by atoms with E-state index in [1.807, 2.05) is 0 Å². The standard InChI is InChI=1S/C16H11ClF2N2O.C10H5Cl2F2N/c1-8-14(17)13-11(19)6-9(18)7-12(13)21-15(8)10-4-3-5-20-16(10)22-2;1-4-9(11)8-6(14)2-5(13)3-7(8)15-10(4)12/h3-7H,1-2H3;2-3H,1H3. The van der Waals surface area contributed by atoms with Gasteiger partial charge in [0.05, 0.1) is 50.2 Å². The van der Waals surface area contributed by atoms with Gasteiger partial charge in [0.1, 0.15) is 28.4 Å². The second-order valence-corrected chi connectivity index (χ2v) is 8.98. The number of halogens is 7. The zero-order valence-corrected chi connectivity index (χ0v) is 21.7. The van der Waals surface area contributed by atoms with Crippen molar-refractivity contribution in [3.8, 4) is 17.1 Å². The van der Waals surface area contributed by atoms with Crippen molar-refractivity contribution in [2.45, 2.75) is 13.8 Å². The maximum Gasteiger partial charge on any atom is 0.222 e. The number of pyridine rings is 3. The first-order valence-corrected chi connectivity index (χ1v) is 11.7. The number of hydrogen-bond acceptors (Lipinski definition) is 4. The second kappa shape index (κ2) is 10.7. The second-order valence-electron chi connectivity index (χ2n) is 7.86. The van der Waals surface area contributed by atoms with Crippen LogP contribution in [0, 0.1) is 37.1 Å². The van der Waals surface area contributed by atoms with E-state index < -0.39 is 23.3 Å². The van der Waals surface area contributed by atoms with Crippen LogP contribution in [-0.4, -0.2) is 22.1 Å². The minimum Gasteiger partial charge on any atom is -0.481 e. The molecule has 3 aromatic heterocycles. The number of rotatable bonds is 2. The molecule has 0 aliphatic carbocycles. The topological polar surface area (TPSA) is 47.9 Å². The number of fused-ring (bicyclic) bond motifs is 2. The molecule has 11 heteroatoms. The largest absolute Gasteiger partial charge is 0.481 e. The van der Waals surface area contributed by atoms with E-state index in [1.54, 1.807) is 32.2 Å². The molecule has 0 amide bonds. The summed E-state index contributed by atoms with van der Waals surface area (Å²) in [4.78, 5) is 12.3. The molecule has 0 fully saturated rings. The monoisotopic (exact) mass is 567 g/mol. The minimum absolute atomic E-state index is 0.0972. The number of benzene rings is 2. The van der Waals surface area contributed by atoms with E-state index in [0.29, 0.717) is 28.3 Å². The number of aromatic nitrogens is 3. The molecule has 190 valence electrons. The first kappa shape index (κ1) is 26.9. The lowest BCUT2D eigenvalue weighted by molar-refractivity contribution is 0.399. The van der Waals surface area contributed by atoms with Gasteiger partial charge in [0.15, 0.2) is 0 Å². The first-order chi connectivity index (χ1) is 17.5. The molecule has 3 heterocycles. The minimum atomic E-state index is -0.736. The average Bonchev–Trinajstić information content (AvgIpc) is 2.84. The lowest BCUT2D eigenvalue weighted by Gasteiger charge is -2.13. The van der Waals surface area contributed by atoms with Gasteiger partial charge in [-0.05, 0) is 31.5 Å². The van der Waals surface area contributed by atoms with Gasteiger partial charge in [-0.3, -0.25) is 0 Å². The summed E-state index contributed by atoms with van der Waals surface area (Å²) in [6, 6.07) is 7.29.